The Morgan fingerprint density at radius 3 is 2.13 bits per heavy atom. The molecule has 0 aromatic carbocycles. The first-order valence-electron chi connectivity index (χ1n) is 8.43. The van der Waals surface area contributed by atoms with E-state index in [0.29, 0.717) is 5.92 Å². The molecule has 0 aliphatic carbocycles. The summed E-state index contributed by atoms with van der Waals surface area (Å²) in [6, 6.07) is 0. The lowest BCUT2D eigenvalue weighted by molar-refractivity contribution is -0.104. The first-order chi connectivity index (χ1) is 10.4. The van der Waals surface area contributed by atoms with Crippen LogP contribution in [0.15, 0.2) is 21.3 Å². The molecule has 134 valence electrons. The lowest BCUT2D eigenvalue weighted by Gasteiger charge is -2.42. The van der Waals surface area contributed by atoms with Gasteiger partial charge in [0.25, 0.3) is 0 Å². The van der Waals surface area contributed by atoms with Gasteiger partial charge in [-0.25, -0.2) is 0 Å². The second-order valence-electron chi connectivity index (χ2n) is 8.37. The van der Waals surface area contributed by atoms with Crippen molar-refractivity contribution in [2.24, 2.45) is 11.8 Å². The minimum Gasteiger partial charge on any atom is -0.413 e. The topological polar surface area (TPSA) is 26.3 Å². The van der Waals surface area contributed by atoms with Crippen LogP contribution in [0.3, 0.4) is 0 Å². The van der Waals surface area contributed by atoms with E-state index in [-0.39, 0.29) is 17.1 Å². The molecule has 0 N–H and O–H groups in total. The highest BCUT2D eigenvalue weighted by Gasteiger charge is 2.41. The summed E-state index contributed by atoms with van der Waals surface area (Å²) in [7, 11) is -1.85. The molecule has 0 bridgehead atoms. The Balaban J connectivity index is 5.50. The van der Waals surface area contributed by atoms with Gasteiger partial charge in [-0.15, -0.1) is 0 Å². The summed E-state index contributed by atoms with van der Waals surface area (Å²) in [5.41, 5.74) is 2.17. The summed E-state index contributed by atoms with van der Waals surface area (Å²) < 4.78 is 8.91. The van der Waals surface area contributed by atoms with Crippen LogP contribution in [0.25, 0.3) is 0 Å². The number of carbonyl (C=O) groups excluding carboxylic acids is 1. The Bertz CT molecular complexity index is 447. The maximum Gasteiger partial charge on any atom is 0.192 e. The molecule has 0 radical (unpaired) electrons. The molecule has 4 heteroatoms. The predicted molar refractivity (Wildman–Crippen MR) is 113 cm³/mol. The Labute approximate surface area is 158 Å². The zero-order valence-corrected chi connectivity index (χ0v) is 19.5. The van der Waals surface area contributed by atoms with Crippen LogP contribution in [-0.2, 0) is 9.22 Å². The van der Waals surface area contributed by atoms with Crippen molar-refractivity contribution >= 4 is 37.2 Å². The molecular weight excluding hydrogens is 415 g/mol. The zero-order chi connectivity index (χ0) is 18.4. The van der Waals surface area contributed by atoms with Gasteiger partial charge in [0.15, 0.2) is 8.32 Å². The number of halogens is 1. The van der Waals surface area contributed by atoms with Gasteiger partial charge in [0.2, 0.25) is 0 Å². The summed E-state index contributed by atoms with van der Waals surface area (Å²) in [6.07, 6.45) is 4.16. The van der Waals surface area contributed by atoms with Gasteiger partial charge >= 0.3 is 0 Å². The van der Waals surface area contributed by atoms with Gasteiger partial charge in [-0.1, -0.05) is 68.9 Å². The van der Waals surface area contributed by atoms with E-state index in [1.165, 1.54) is 5.57 Å². The average Bonchev–Trinajstić information content (AvgIpc) is 2.42. The molecule has 0 aromatic heterocycles. The van der Waals surface area contributed by atoms with Crippen LogP contribution < -0.4 is 0 Å². The molecule has 0 unspecified atom stereocenters. The highest BCUT2D eigenvalue weighted by molar-refractivity contribution is 14.1. The minimum atomic E-state index is -1.85. The Kier molecular flexibility index (Phi) is 9.54. The molecule has 0 spiro atoms. The monoisotopic (exact) mass is 450 g/mol. The van der Waals surface area contributed by atoms with E-state index in [9.17, 15) is 4.79 Å². The van der Waals surface area contributed by atoms with Crippen molar-refractivity contribution in [1.82, 2.24) is 0 Å². The van der Waals surface area contributed by atoms with Crippen LogP contribution in [-0.4, -0.2) is 20.7 Å². The van der Waals surface area contributed by atoms with Crippen molar-refractivity contribution in [1.29, 1.82) is 0 Å². The maximum atomic E-state index is 11.0. The summed E-state index contributed by atoms with van der Waals surface area (Å²) in [6.45, 7) is 19.9. The van der Waals surface area contributed by atoms with Crippen LogP contribution in [0, 0.1) is 11.8 Å². The average molecular weight is 450 g/mol. The molecule has 0 amide bonds. The van der Waals surface area contributed by atoms with Gasteiger partial charge in [0, 0.05) is 0 Å². The van der Waals surface area contributed by atoms with E-state index < -0.39 is 8.32 Å². The first-order valence-corrected chi connectivity index (χ1v) is 12.6. The molecule has 0 heterocycles. The lowest BCUT2D eigenvalue weighted by Crippen LogP contribution is -2.47. The third-order valence-corrected chi connectivity index (χ3v) is 10.4. The molecule has 0 saturated heterocycles. The largest absolute Gasteiger partial charge is 0.413 e. The number of aldehydes is 1. The van der Waals surface area contributed by atoms with Crippen LogP contribution >= 0.6 is 22.6 Å². The van der Waals surface area contributed by atoms with E-state index in [2.05, 4.69) is 87.4 Å². The van der Waals surface area contributed by atoms with Crippen molar-refractivity contribution < 1.29 is 9.22 Å². The molecule has 0 aromatic rings. The summed E-state index contributed by atoms with van der Waals surface area (Å²) >= 11 is 2.30. The SMILES string of the molecule is C/C(C=O)=C\[C@@H](C)[C@@H](O[Si](C)(C)C(C)(C)C)[C@@H](C)C/C(C)=C/I. The zero-order valence-electron chi connectivity index (χ0n) is 16.4. The van der Waals surface area contributed by atoms with Crippen molar-refractivity contribution in [3.63, 3.8) is 0 Å². The summed E-state index contributed by atoms with van der Waals surface area (Å²) in [5.74, 6) is 0.646. The minimum absolute atomic E-state index is 0.136. The van der Waals surface area contributed by atoms with Crippen LogP contribution in [0.5, 0.6) is 0 Å². The summed E-state index contributed by atoms with van der Waals surface area (Å²) in [5, 5.41) is 0.183. The molecular formula is C19H35IO2Si. The smallest absolute Gasteiger partial charge is 0.192 e. The molecule has 2 nitrogen and oxygen atoms in total. The van der Waals surface area contributed by atoms with Crippen molar-refractivity contribution in [3.05, 3.63) is 21.3 Å². The Morgan fingerprint density at radius 1 is 1.22 bits per heavy atom. The number of rotatable bonds is 8. The van der Waals surface area contributed by atoms with E-state index in [1.54, 1.807) is 0 Å². The predicted octanol–water partition coefficient (Wildman–Crippen LogP) is 6.52. The third kappa shape index (κ3) is 7.65. The number of allylic oxidation sites excluding steroid dienone is 2. The van der Waals surface area contributed by atoms with Crippen molar-refractivity contribution in [2.45, 2.75) is 79.1 Å². The van der Waals surface area contributed by atoms with Gasteiger partial charge in [-0.05, 0) is 59.9 Å². The normalized spacial score (nSPS) is 18.5. The number of carbonyl (C=O) groups is 1. The van der Waals surface area contributed by atoms with Gasteiger partial charge in [-0.3, -0.25) is 4.79 Å². The molecule has 3 atom stereocenters. The second-order valence-corrected chi connectivity index (χ2v) is 13.7. The molecule has 0 aliphatic heterocycles. The quantitative estimate of drug-likeness (QED) is 0.182. The van der Waals surface area contributed by atoms with Gasteiger partial charge in [0.05, 0.1) is 6.10 Å². The van der Waals surface area contributed by atoms with Gasteiger partial charge in [0.1, 0.15) is 6.29 Å². The molecule has 0 fully saturated rings. The fraction of sp³-hybridized carbons (Fsp3) is 0.737. The number of hydrogen-bond donors (Lipinski definition) is 0. The third-order valence-electron chi connectivity index (χ3n) is 4.86. The van der Waals surface area contributed by atoms with E-state index in [4.69, 9.17) is 4.43 Å². The second kappa shape index (κ2) is 9.52. The Morgan fingerprint density at radius 2 is 1.74 bits per heavy atom. The highest BCUT2D eigenvalue weighted by atomic mass is 127. The van der Waals surface area contributed by atoms with Gasteiger partial charge < -0.3 is 4.43 Å². The first kappa shape index (κ1) is 23.1. The van der Waals surface area contributed by atoms with E-state index in [1.807, 2.05) is 6.92 Å². The van der Waals surface area contributed by atoms with Crippen LogP contribution in [0.1, 0.15) is 54.9 Å². The van der Waals surface area contributed by atoms with Crippen LogP contribution in [0.2, 0.25) is 18.1 Å². The molecule has 0 aliphatic rings. The van der Waals surface area contributed by atoms with E-state index >= 15 is 0 Å². The molecule has 23 heavy (non-hydrogen) atoms. The molecule has 0 saturated carbocycles. The maximum absolute atomic E-state index is 11.0. The van der Waals surface area contributed by atoms with Crippen molar-refractivity contribution in [2.75, 3.05) is 0 Å². The standard InChI is InChI=1S/C19H35IO2Si/c1-14(12-20)10-16(3)18(17(4)11-15(2)13-21)22-23(8,9)19(5,6)7/h11-13,16-18H,10H2,1-9H3/b14-12+,15-11+/t16-,17+,18-/m0/s1. The lowest BCUT2D eigenvalue weighted by atomic mass is 9.88. The molecule has 0 rings (SSSR count). The van der Waals surface area contributed by atoms with Crippen LogP contribution in [0.4, 0.5) is 0 Å². The fourth-order valence-corrected chi connectivity index (χ4v) is 4.21. The van der Waals surface area contributed by atoms with Crippen molar-refractivity contribution in [3.8, 4) is 0 Å². The summed E-state index contributed by atoms with van der Waals surface area (Å²) in [4.78, 5) is 11.0. The highest BCUT2D eigenvalue weighted by Crippen LogP contribution is 2.40. The Hall–Kier alpha value is 0.0569. The fourth-order valence-electron chi connectivity index (χ4n) is 2.48. The van der Waals surface area contributed by atoms with E-state index in [0.717, 1.165) is 18.3 Å². The number of hydrogen-bond acceptors (Lipinski definition) is 2. The van der Waals surface area contributed by atoms with Gasteiger partial charge in [-0.2, -0.15) is 0 Å².